The van der Waals surface area contributed by atoms with Crippen LogP contribution in [0.3, 0.4) is 0 Å². The van der Waals surface area contributed by atoms with Crippen LogP contribution in [0.5, 0.6) is 0 Å². The number of sulfonamides is 1. The maximum absolute atomic E-state index is 12.9. The Bertz CT molecular complexity index is 1260. The van der Waals surface area contributed by atoms with Gasteiger partial charge in [-0.15, -0.1) is 11.3 Å². The van der Waals surface area contributed by atoms with Crippen LogP contribution < -0.4 is 15.5 Å². The number of carbonyl (C=O) groups excluding carboxylic acids is 2. The van der Waals surface area contributed by atoms with Gasteiger partial charge >= 0.3 is 0 Å². The minimum atomic E-state index is -3.53. The zero-order valence-corrected chi connectivity index (χ0v) is 23.1. The lowest BCUT2D eigenvalue weighted by Gasteiger charge is -2.29. The van der Waals surface area contributed by atoms with Crippen LogP contribution in [-0.2, 0) is 16.4 Å². The quantitative estimate of drug-likeness (QED) is 0.241. The van der Waals surface area contributed by atoms with E-state index in [1.807, 2.05) is 43.3 Å². The van der Waals surface area contributed by atoms with Crippen molar-refractivity contribution in [3.05, 3.63) is 82.9 Å². The van der Waals surface area contributed by atoms with Gasteiger partial charge in [-0.2, -0.15) is 13.5 Å². The molecule has 0 fully saturated rings. The third kappa shape index (κ3) is 10.4. The molecule has 1 heterocycles. The van der Waals surface area contributed by atoms with E-state index in [2.05, 4.69) is 20.4 Å². The summed E-state index contributed by atoms with van der Waals surface area (Å²) in [6.45, 7) is 2.33. The topological polar surface area (TPSA) is 141 Å². The summed E-state index contributed by atoms with van der Waals surface area (Å²) in [4.78, 5) is 29.5. The molecule has 0 unspecified atom stereocenters. The molecule has 0 saturated heterocycles. The Hall–Kier alpha value is -2.97. The van der Waals surface area contributed by atoms with Gasteiger partial charge in [-0.1, -0.05) is 62.9 Å². The number of nitrogens with zero attached hydrogens (tertiary/aromatic N) is 2. The van der Waals surface area contributed by atoms with Crippen LogP contribution in [0.2, 0.25) is 0 Å². The number of amides is 2. The van der Waals surface area contributed by atoms with Gasteiger partial charge < -0.3 is 10.4 Å². The average Bonchev–Trinajstić information content (AvgIpc) is 3.31. The average molecular weight is 582 g/mol. The van der Waals surface area contributed by atoms with Crippen molar-refractivity contribution in [2.24, 2.45) is 0 Å². The Morgan fingerprint density at radius 3 is 2.24 bits per heavy atom. The number of hydrogen-bond acceptors (Lipinski definition) is 8. The highest BCUT2D eigenvalue weighted by molar-refractivity contribution is 7.92. The largest absolute Gasteiger partial charge is 0.390 e. The Balaban J connectivity index is 0.00000361. The first-order valence-electron chi connectivity index (χ1n) is 11.2. The van der Waals surface area contributed by atoms with Gasteiger partial charge in [0.25, 0.3) is 11.8 Å². The van der Waals surface area contributed by atoms with Crippen molar-refractivity contribution in [1.82, 2.24) is 20.7 Å². The molecule has 0 aliphatic heterocycles. The third-order valence-electron chi connectivity index (χ3n) is 5.17. The fraction of sp³-hybridized carbons (Fsp3) is 0.320. The SMILES string of the molecule is C.CCN(C[C@@H](O)[C@H](Cc1ccccc1)NC(=O)c1csc(NS(C)(=O)=O)n1)NC(=O)c1ccccc1.S. The first kappa shape index (κ1) is 33.1. The van der Waals surface area contributed by atoms with Crippen LogP contribution >= 0.6 is 24.8 Å². The Morgan fingerprint density at radius 2 is 1.66 bits per heavy atom. The van der Waals surface area contributed by atoms with Gasteiger partial charge in [0.15, 0.2) is 5.13 Å². The van der Waals surface area contributed by atoms with Crippen molar-refractivity contribution in [3.8, 4) is 0 Å². The van der Waals surface area contributed by atoms with Gasteiger partial charge in [-0.05, 0) is 24.1 Å². The van der Waals surface area contributed by atoms with Gasteiger partial charge in [-0.3, -0.25) is 19.7 Å². The molecule has 2 amide bonds. The molecule has 13 heteroatoms. The molecule has 0 saturated carbocycles. The van der Waals surface area contributed by atoms with Crippen molar-refractivity contribution >= 4 is 51.8 Å². The summed E-state index contributed by atoms with van der Waals surface area (Å²) in [6.07, 6.45) is 0.282. The normalized spacial score (nSPS) is 12.4. The van der Waals surface area contributed by atoms with E-state index >= 15 is 0 Å². The minimum Gasteiger partial charge on any atom is -0.390 e. The lowest BCUT2D eigenvalue weighted by Crippen LogP contribution is -2.53. The number of rotatable bonds is 12. The number of aliphatic hydroxyl groups excluding tert-OH is 1. The molecule has 0 aliphatic carbocycles. The summed E-state index contributed by atoms with van der Waals surface area (Å²) in [5.74, 6) is -0.856. The molecule has 4 N–H and O–H groups in total. The lowest BCUT2D eigenvalue weighted by atomic mass is 10.0. The standard InChI is InChI=1S/C24H29N5O5S2.CH4.H2S/c1-3-29(27-22(31)18-12-8-5-9-13-18)15-21(30)19(14-17-10-6-4-7-11-17)25-23(32)20-16-35-24(26-20)28-36(2,33)34;;/h4-13,16,19,21,30H,3,14-15H2,1-2H3,(H,25,32)(H,26,28)(H,27,31);1H4;1H2/t19-,21+;;/m0../s1. The maximum atomic E-state index is 12.9. The highest BCUT2D eigenvalue weighted by atomic mass is 32.2. The minimum absolute atomic E-state index is 0. The molecule has 0 spiro atoms. The van der Waals surface area contributed by atoms with Gasteiger partial charge in [0.2, 0.25) is 10.0 Å². The second kappa shape index (κ2) is 15.4. The van der Waals surface area contributed by atoms with Crippen LogP contribution in [0.1, 0.15) is 40.8 Å². The summed E-state index contributed by atoms with van der Waals surface area (Å²) in [5, 5.41) is 17.0. The maximum Gasteiger partial charge on any atom is 0.271 e. The summed E-state index contributed by atoms with van der Waals surface area (Å²) in [7, 11) is -3.53. The molecule has 1 aromatic heterocycles. The highest BCUT2D eigenvalue weighted by Gasteiger charge is 2.26. The predicted octanol–water partition coefficient (Wildman–Crippen LogP) is 2.63. The predicted molar refractivity (Wildman–Crippen MR) is 156 cm³/mol. The van der Waals surface area contributed by atoms with Crippen LogP contribution in [0.15, 0.2) is 66.0 Å². The fourth-order valence-electron chi connectivity index (χ4n) is 3.38. The van der Waals surface area contributed by atoms with Crippen molar-refractivity contribution in [1.29, 1.82) is 0 Å². The number of thiazole rings is 1. The molecule has 208 valence electrons. The van der Waals surface area contributed by atoms with Crippen molar-refractivity contribution in [3.63, 3.8) is 0 Å². The number of nitrogens with one attached hydrogen (secondary N) is 3. The van der Waals surface area contributed by atoms with E-state index in [1.54, 1.807) is 29.3 Å². The zero-order chi connectivity index (χ0) is 26.1. The summed E-state index contributed by atoms with van der Waals surface area (Å²) in [6, 6.07) is 17.4. The molecule has 3 aromatic rings. The van der Waals surface area contributed by atoms with E-state index in [9.17, 15) is 23.1 Å². The van der Waals surface area contributed by atoms with Gasteiger partial charge in [0.05, 0.1) is 18.4 Å². The van der Waals surface area contributed by atoms with Crippen molar-refractivity contribution < 1.29 is 23.1 Å². The molecule has 0 aliphatic rings. The number of likely N-dealkylation sites (N-methyl/N-ethyl adjacent to an activating group) is 1. The zero-order valence-electron chi connectivity index (χ0n) is 20.4. The molecular formula is C25H35N5O5S3. The molecule has 10 nitrogen and oxygen atoms in total. The highest BCUT2D eigenvalue weighted by Crippen LogP contribution is 2.17. The van der Waals surface area contributed by atoms with E-state index in [4.69, 9.17) is 0 Å². The summed E-state index contributed by atoms with van der Waals surface area (Å²) >= 11 is 0.983. The second-order valence-electron chi connectivity index (χ2n) is 8.09. The smallest absolute Gasteiger partial charge is 0.271 e. The van der Waals surface area contributed by atoms with Crippen LogP contribution in [0, 0.1) is 0 Å². The fourth-order valence-corrected chi connectivity index (χ4v) is 4.93. The number of hydrazine groups is 1. The lowest BCUT2D eigenvalue weighted by molar-refractivity contribution is 0.0470. The van der Waals surface area contributed by atoms with E-state index in [-0.39, 0.29) is 44.2 Å². The molecule has 0 radical (unpaired) electrons. The van der Waals surface area contributed by atoms with Crippen molar-refractivity contribution in [2.45, 2.75) is 32.9 Å². The first-order valence-corrected chi connectivity index (χ1v) is 14.0. The van der Waals surface area contributed by atoms with Crippen molar-refractivity contribution in [2.75, 3.05) is 24.1 Å². The molecule has 0 bridgehead atoms. The summed E-state index contributed by atoms with van der Waals surface area (Å²) in [5.41, 5.74) is 4.20. The van der Waals surface area contributed by atoms with E-state index in [0.717, 1.165) is 23.2 Å². The van der Waals surface area contributed by atoms with E-state index in [1.165, 1.54) is 5.38 Å². The monoisotopic (exact) mass is 581 g/mol. The number of benzene rings is 2. The van der Waals surface area contributed by atoms with Gasteiger partial charge in [0, 0.05) is 24.0 Å². The van der Waals surface area contributed by atoms with Crippen LogP contribution in [0.4, 0.5) is 5.13 Å². The number of carbonyl (C=O) groups is 2. The second-order valence-corrected chi connectivity index (χ2v) is 10.7. The third-order valence-corrected chi connectivity index (χ3v) is 6.62. The molecule has 2 atom stereocenters. The first-order chi connectivity index (χ1) is 17.1. The van der Waals surface area contributed by atoms with Gasteiger partial charge in [0.1, 0.15) is 5.69 Å². The van der Waals surface area contributed by atoms with E-state index in [0.29, 0.717) is 18.5 Å². The van der Waals surface area contributed by atoms with Gasteiger partial charge in [-0.25, -0.2) is 18.4 Å². The van der Waals surface area contributed by atoms with Crippen LogP contribution in [-0.4, -0.2) is 66.8 Å². The molecule has 38 heavy (non-hydrogen) atoms. The Kier molecular flexibility index (Phi) is 13.4. The molecule has 3 rings (SSSR count). The molecular weight excluding hydrogens is 547 g/mol. The number of aliphatic hydroxyl groups is 1. The Morgan fingerprint density at radius 1 is 1.05 bits per heavy atom. The van der Waals surface area contributed by atoms with Crippen LogP contribution in [0.25, 0.3) is 0 Å². The number of aromatic nitrogens is 1. The summed E-state index contributed by atoms with van der Waals surface area (Å²) < 4.78 is 25.1. The van der Waals surface area contributed by atoms with E-state index < -0.39 is 28.1 Å². The number of hydrogen-bond donors (Lipinski definition) is 4. The Labute approximate surface area is 235 Å². The number of anilines is 1. The molecule has 2 aromatic carbocycles.